The summed E-state index contributed by atoms with van der Waals surface area (Å²) in [5.74, 6) is 0.608. The monoisotopic (exact) mass is 319 g/mol. The van der Waals surface area contributed by atoms with Crippen LogP contribution in [0.3, 0.4) is 0 Å². The van der Waals surface area contributed by atoms with E-state index in [4.69, 9.17) is 0 Å². The second-order valence-corrected chi connectivity index (χ2v) is 7.17. The number of carboxylic acid groups (broad SMARTS) is 1. The maximum atomic E-state index is 11.5. The van der Waals surface area contributed by atoms with Gasteiger partial charge in [0.15, 0.2) is 0 Å². The largest absolute Gasteiger partial charge is 0.480 e. The standard InChI is InChI=1S/C16H21N3O2S/c1-4-11-17-14(19-13(8(2)3)16(20)21)12-9-6-5-7-10(9)22-15(12)18-11/h8,13H,4-7H2,1-3H3,(H,20,21)(H,17,18,19)/t13-/m1/s1. The van der Waals surface area contributed by atoms with Gasteiger partial charge in [-0.25, -0.2) is 14.8 Å². The van der Waals surface area contributed by atoms with E-state index >= 15 is 0 Å². The molecular weight excluding hydrogens is 298 g/mol. The molecule has 6 heteroatoms. The lowest BCUT2D eigenvalue weighted by molar-refractivity contribution is -0.138. The Morgan fingerprint density at radius 3 is 2.77 bits per heavy atom. The van der Waals surface area contributed by atoms with Crippen LogP contribution in [0.1, 0.15) is 43.5 Å². The maximum Gasteiger partial charge on any atom is 0.326 e. The minimum absolute atomic E-state index is 0.0146. The summed E-state index contributed by atoms with van der Waals surface area (Å²) in [6, 6.07) is -0.639. The highest BCUT2D eigenvalue weighted by Gasteiger charge is 2.26. The Labute approximate surface area is 133 Å². The van der Waals surface area contributed by atoms with Crippen molar-refractivity contribution in [2.45, 2.75) is 52.5 Å². The van der Waals surface area contributed by atoms with Crippen LogP contribution < -0.4 is 5.32 Å². The molecule has 3 rings (SSSR count). The summed E-state index contributed by atoms with van der Waals surface area (Å²) < 4.78 is 0. The highest BCUT2D eigenvalue weighted by Crippen LogP contribution is 2.39. The van der Waals surface area contributed by atoms with E-state index in [-0.39, 0.29) is 5.92 Å². The number of hydrogen-bond acceptors (Lipinski definition) is 5. The molecule has 5 nitrogen and oxygen atoms in total. The molecule has 2 aromatic rings. The number of fused-ring (bicyclic) bond motifs is 3. The van der Waals surface area contributed by atoms with Crippen LogP contribution in [-0.4, -0.2) is 27.1 Å². The lowest BCUT2D eigenvalue weighted by Gasteiger charge is -2.19. The normalized spacial score (nSPS) is 15.3. The van der Waals surface area contributed by atoms with Crippen LogP contribution in [0.4, 0.5) is 5.82 Å². The topological polar surface area (TPSA) is 75.1 Å². The highest BCUT2D eigenvalue weighted by atomic mass is 32.1. The lowest BCUT2D eigenvalue weighted by atomic mass is 10.0. The van der Waals surface area contributed by atoms with E-state index < -0.39 is 12.0 Å². The minimum Gasteiger partial charge on any atom is -0.480 e. The second kappa shape index (κ2) is 5.83. The Kier molecular flexibility index (Phi) is 4.04. The molecule has 1 aliphatic carbocycles. The van der Waals surface area contributed by atoms with Crippen molar-refractivity contribution in [3.8, 4) is 0 Å². The van der Waals surface area contributed by atoms with Crippen LogP contribution in [0.25, 0.3) is 10.2 Å². The van der Waals surface area contributed by atoms with Gasteiger partial charge in [-0.2, -0.15) is 0 Å². The van der Waals surface area contributed by atoms with Crippen LogP contribution >= 0.6 is 11.3 Å². The average molecular weight is 319 g/mol. The molecular formula is C16H21N3O2S. The SMILES string of the molecule is CCc1nc(N[C@@H](C(=O)O)C(C)C)c2c3c(sc2n1)CCC3. The third kappa shape index (κ3) is 2.56. The van der Waals surface area contributed by atoms with Gasteiger partial charge in [-0.1, -0.05) is 20.8 Å². The van der Waals surface area contributed by atoms with Crippen molar-refractivity contribution in [2.24, 2.45) is 5.92 Å². The van der Waals surface area contributed by atoms with Crippen molar-refractivity contribution in [3.63, 3.8) is 0 Å². The Morgan fingerprint density at radius 2 is 2.14 bits per heavy atom. The molecule has 0 aromatic carbocycles. The zero-order valence-electron chi connectivity index (χ0n) is 13.1. The van der Waals surface area contributed by atoms with E-state index in [1.165, 1.54) is 16.9 Å². The number of rotatable bonds is 5. The summed E-state index contributed by atoms with van der Waals surface area (Å²) in [5.41, 5.74) is 1.32. The van der Waals surface area contributed by atoms with Crippen LogP contribution in [0.5, 0.6) is 0 Å². The quantitative estimate of drug-likeness (QED) is 0.884. The van der Waals surface area contributed by atoms with E-state index in [2.05, 4.69) is 15.3 Å². The summed E-state index contributed by atoms with van der Waals surface area (Å²) in [5, 5.41) is 13.7. The first-order chi connectivity index (χ1) is 10.5. The van der Waals surface area contributed by atoms with Crippen molar-refractivity contribution in [3.05, 3.63) is 16.3 Å². The fourth-order valence-electron chi connectivity index (χ4n) is 2.96. The predicted molar refractivity (Wildman–Crippen MR) is 88.7 cm³/mol. The van der Waals surface area contributed by atoms with Gasteiger partial charge in [-0.15, -0.1) is 11.3 Å². The van der Waals surface area contributed by atoms with E-state index in [0.717, 1.165) is 35.3 Å². The summed E-state index contributed by atoms with van der Waals surface area (Å²) in [7, 11) is 0. The molecule has 0 spiro atoms. The van der Waals surface area contributed by atoms with Crippen LogP contribution in [0.15, 0.2) is 0 Å². The van der Waals surface area contributed by atoms with Gasteiger partial charge < -0.3 is 10.4 Å². The Morgan fingerprint density at radius 1 is 1.36 bits per heavy atom. The molecule has 2 aromatic heterocycles. The minimum atomic E-state index is -0.841. The molecule has 0 amide bonds. The molecule has 0 saturated carbocycles. The smallest absolute Gasteiger partial charge is 0.326 e. The molecule has 0 saturated heterocycles. The zero-order chi connectivity index (χ0) is 15.9. The van der Waals surface area contributed by atoms with Gasteiger partial charge in [0.1, 0.15) is 22.5 Å². The number of aromatic nitrogens is 2. The molecule has 0 bridgehead atoms. The Hall–Kier alpha value is -1.69. The number of anilines is 1. The first kappa shape index (κ1) is 15.2. The van der Waals surface area contributed by atoms with E-state index in [1.807, 2.05) is 20.8 Å². The number of nitrogens with one attached hydrogen (secondary N) is 1. The molecule has 0 radical (unpaired) electrons. The van der Waals surface area contributed by atoms with Gasteiger partial charge in [-0.3, -0.25) is 0 Å². The molecule has 118 valence electrons. The van der Waals surface area contributed by atoms with Crippen LogP contribution in [-0.2, 0) is 24.1 Å². The number of carbonyl (C=O) groups is 1. The highest BCUT2D eigenvalue weighted by molar-refractivity contribution is 7.19. The van der Waals surface area contributed by atoms with Crippen molar-refractivity contribution < 1.29 is 9.90 Å². The summed E-state index contributed by atoms with van der Waals surface area (Å²) in [6.45, 7) is 5.83. The molecule has 2 N–H and O–H groups in total. The van der Waals surface area contributed by atoms with Gasteiger partial charge in [0.2, 0.25) is 0 Å². The number of carboxylic acids is 1. The van der Waals surface area contributed by atoms with Crippen molar-refractivity contribution in [2.75, 3.05) is 5.32 Å². The van der Waals surface area contributed by atoms with E-state index in [1.54, 1.807) is 11.3 Å². The Balaban J connectivity index is 2.12. The molecule has 22 heavy (non-hydrogen) atoms. The molecule has 0 aliphatic heterocycles. The van der Waals surface area contributed by atoms with Gasteiger partial charge in [0.05, 0.1) is 5.39 Å². The summed E-state index contributed by atoms with van der Waals surface area (Å²) >= 11 is 1.74. The first-order valence-corrected chi connectivity index (χ1v) is 8.63. The molecule has 1 aliphatic rings. The summed E-state index contributed by atoms with van der Waals surface area (Å²) in [6.07, 6.45) is 4.05. The Bertz CT molecular complexity index is 724. The first-order valence-electron chi connectivity index (χ1n) is 7.81. The lowest BCUT2D eigenvalue weighted by Crippen LogP contribution is -2.34. The van der Waals surface area contributed by atoms with Crippen molar-refractivity contribution in [1.29, 1.82) is 0 Å². The molecule has 0 fully saturated rings. The van der Waals surface area contributed by atoms with Crippen molar-refractivity contribution in [1.82, 2.24) is 9.97 Å². The van der Waals surface area contributed by atoms with Crippen molar-refractivity contribution >= 4 is 33.3 Å². The number of thiophene rings is 1. The fourth-order valence-corrected chi connectivity index (χ4v) is 4.24. The number of aryl methyl sites for hydroxylation is 3. The van der Waals surface area contributed by atoms with Crippen LogP contribution in [0, 0.1) is 5.92 Å². The van der Waals surface area contributed by atoms with Gasteiger partial charge in [0, 0.05) is 11.3 Å². The summed E-state index contributed by atoms with van der Waals surface area (Å²) in [4.78, 5) is 23.1. The number of aliphatic carboxylic acids is 1. The predicted octanol–water partition coefficient (Wildman–Crippen LogP) is 3.26. The number of nitrogens with zero attached hydrogens (tertiary/aromatic N) is 2. The van der Waals surface area contributed by atoms with E-state index in [9.17, 15) is 9.90 Å². The third-order valence-corrected chi connectivity index (χ3v) is 5.34. The molecule has 2 heterocycles. The maximum absolute atomic E-state index is 11.5. The zero-order valence-corrected chi connectivity index (χ0v) is 14.0. The van der Waals surface area contributed by atoms with E-state index in [0.29, 0.717) is 5.82 Å². The molecule has 0 unspecified atom stereocenters. The third-order valence-electron chi connectivity index (χ3n) is 4.15. The second-order valence-electron chi connectivity index (χ2n) is 6.08. The fraction of sp³-hybridized carbons (Fsp3) is 0.562. The van der Waals surface area contributed by atoms with Crippen LogP contribution in [0.2, 0.25) is 0 Å². The molecule has 1 atom stereocenters. The van der Waals surface area contributed by atoms with Gasteiger partial charge in [-0.05, 0) is 30.7 Å². The van der Waals surface area contributed by atoms with Gasteiger partial charge in [0.25, 0.3) is 0 Å². The average Bonchev–Trinajstić information content (AvgIpc) is 3.03. The van der Waals surface area contributed by atoms with Gasteiger partial charge >= 0.3 is 5.97 Å². The number of hydrogen-bond donors (Lipinski definition) is 2.